The average molecular weight is 265 g/mol. The van der Waals surface area contributed by atoms with Gasteiger partial charge in [0.2, 0.25) is 5.91 Å². The lowest BCUT2D eigenvalue weighted by Crippen LogP contribution is -2.33. The van der Waals surface area contributed by atoms with Crippen LogP contribution in [0.4, 0.5) is 0 Å². The van der Waals surface area contributed by atoms with Gasteiger partial charge in [-0.3, -0.25) is 4.79 Å². The van der Waals surface area contributed by atoms with Gasteiger partial charge in [0.15, 0.2) is 0 Å². The smallest absolute Gasteiger partial charge is 0.226 e. The highest BCUT2D eigenvalue weighted by Crippen LogP contribution is 2.06. The number of ether oxygens (including phenoxy) is 1. The topological polar surface area (TPSA) is 55.4 Å². The molecule has 0 bridgehead atoms. The van der Waals surface area contributed by atoms with Crippen molar-refractivity contribution in [1.29, 1.82) is 0 Å². The zero-order valence-electron chi connectivity index (χ0n) is 10.8. The number of methoxy groups -OCH3 is 1. The fraction of sp³-hybridized carbons (Fsp3) is 0.467. The number of hydrogen-bond acceptors (Lipinski definition) is 3. The summed E-state index contributed by atoms with van der Waals surface area (Å²) < 4.78 is 4.96. The molecule has 0 unspecified atom stereocenters. The molecule has 0 aliphatic carbocycles. The molecule has 0 aliphatic rings. The van der Waals surface area contributed by atoms with Gasteiger partial charge < -0.3 is 14.8 Å². The summed E-state index contributed by atoms with van der Waals surface area (Å²) in [6, 6.07) is 9.65. The van der Waals surface area contributed by atoms with Crippen LogP contribution in [0.15, 0.2) is 30.3 Å². The lowest BCUT2D eigenvalue weighted by atomic mass is 10.0. The maximum absolute atomic E-state index is 11.9. The van der Waals surface area contributed by atoms with E-state index in [2.05, 4.69) is 5.32 Å². The summed E-state index contributed by atoms with van der Waals surface area (Å²) in [5.74, 6) is -0.556. The molecule has 0 spiro atoms. The minimum absolute atomic E-state index is 0. The molecule has 0 radical (unpaired) electrons. The highest BCUT2D eigenvalue weighted by molar-refractivity contribution is 5.85. The Kier molecular flexibility index (Phi) is 8.46. The second kappa shape index (κ2) is 9.28. The van der Waals surface area contributed by atoms with Crippen molar-refractivity contribution >= 4 is 11.7 Å². The first-order valence-corrected chi connectivity index (χ1v) is 5.93. The number of carbonyl (C=O) groups is 2. The fourth-order valence-electron chi connectivity index (χ4n) is 1.70. The van der Waals surface area contributed by atoms with Crippen LogP contribution in [-0.2, 0) is 20.9 Å². The molecular weight excluding hydrogens is 242 g/mol. The van der Waals surface area contributed by atoms with E-state index in [9.17, 15) is 9.59 Å². The Hall–Kier alpha value is -1.68. The lowest BCUT2D eigenvalue weighted by Gasteiger charge is -2.14. The van der Waals surface area contributed by atoms with Crippen LogP contribution in [0.2, 0.25) is 0 Å². The maximum atomic E-state index is 11.9. The minimum atomic E-state index is -0.406. The van der Waals surface area contributed by atoms with Crippen LogP contribution in [0.3, 0.4) is 0 Å². The van der Waals surface area contributed by atoms with Crippen molar-refractivity contribution in [3.05, 3.63) is 35.9 Å². The summed E-state index contributed by atoms with van der Waals surface area (Å²) in [4.78, 5) is 23.0. The number of benzene rings is 1. The van der Waals surface area contributed by atoms with Gasteiger partial charge in [-0.15, -0.1) is 0 Å². The van der Waals surface area contributed by atoms with Gasteiger partial charge >= 0.3 is 0 Å². The van der Waals surface area contributed by atoms with Crippen molar-refractivity contribution in [2.75, 3.05) is 13.7 Å². The number of amides is 1. The van der Waals surface area contributed by atoms with Gasteiger partial charge in [-0.1, -0.05) is 37.8 Å². The van der Waals surface area contributed by atoms with Crippen molar-refractivity contribution in [2.45, 2.75) is 27.3 Å². The molecule has 0 saturated heterocycles. The normalized spacial score (nSPS) is 11.3. The van der Waals surface area contributed by atoms with E-state index in [0.29, 0.717) is 6.54 Å². The first-order chi connectivity index (χ1) is 8.63. The number of rotatable bonds is 7. The molecule has 1 N–H and O–H groups in total. The van der Waals surface area contributed by atoms with Gasteiger partial charge in [-0.05, 0) is 12.5 Å². The van der Waals surface area contributed by atoms with E-state index in [1.54, 1.807) is 0 Å². The van der Waals surface area contributed by atoms with E-state index in [1.807, 2.05) is 30.3 Å². The average Bonchev–Trinajstić information content (AvgIpc) is 2.36. The summed E-state index contributed by atoms with van der Waals surface area (Å²) in [6.45, 7) is 2.21. The SMILES string of the molecule is C.COC[C@@H](CC(C)=O)C(=O)NCc1ccccc1. The molecule has 1 aromatic rings. The van der Waals surface area contributed by atoms with Crippen LogP contribution in [0.1, 0.15) is 26.3 Å². The van der Waals surface area contributed by atoms with E-state index in [4.69, 9.17) is 4.74 Å². The molecule has 0 aromatic heterocycles. The van der Waals surface area contributed by atoms with Crippen molar-refractivity contribution < 1.29 is 14.3 Å². The van der Waals surface area contributed by atoms with E-state index in [-0.39, 0.29) is 32.1 Å². The Balaban J connectivity index is 0.00000324. The van der Waals surface area contributed by atoms with Crippen LogP contribution < -0.4 is 5.32 Å². The summed E-state index contributed by atoms with van der Waals surface area (Å²) in [5, 5.41) is 2.82. The van der Waals surface area contributed by atoms with Crippen LogP contribution in [-0.4, -0.2) is 25.4 Å². The molecule has 4 nitrogen and oxygen atoms in total. The first kappa shape index (κ1) is 17.3. The van der Waals surface area contributed by atoms with Gasteiger partial charge in [0, 0.05) is 20.1 Å². The number of ketones is 1. The number of nitrogens with one attached hydrogen (secondary N) is 1. The number of hydrogen-bond donors (Lipinski definition) is 1. The van der Waals surface area contributed by atoms with Gasteiger partial charge in [0.05, 0.1) is 12.5 Å². The monoisotopic (exact) mass is 265 g/mol. The van der Waals surface area contributed by atoms with Crippen molar-refractivity contribution in [3.63, 3.8) is 0 Å². The van der Waals surface area contributed by atoms with Gasteiger partial charge in [-0.25, -0.2) is 0 Å². The molecule has 1 amide bonds. The third-order valence-electron chi connectivity index (χ3n) is 2.58. The molecule has 0 fully saturated rings. The Morgan fingerprint density at radius 1 is 1.26 bits per heavy atom. The second-order valence-electron chi connectivity index (χ2n) is 4.26. The van der Waals surface area contributed by atoms with Crippen LogP contribution >= 0.6 is 0 Å². The molecule has 1 rings (SSSR count). The third kappa shape index (κ3) is 6.72. The van der Waals surface area contributed by atoms with Crippen LogP contribution in [0, 0.1) is 5.92 Å². The Morgan fingerprint density at radius 2 is 1.89 bits per heavy atom. The van der Waals surface area contributed by atoms with E-state index < -0.39 is 5.92 Å². The molecular formula is C15H23NO3. The van der Waals surface area contributed by atoms with Crippen molar-refractivity contribution in [2.24, 2.45) is 5.92 Å². The standard InChI is InChI=1S/C14H19NO3.CH4/c1-11(16)8-13(10-18-2)14(17)15-9-12-6-4-3-5-7-12;/h3-7,13H,8-10H2,1-2H3,(H,15,17);1H4/t13-;/m1./s1. The molecule has 0 saturated carbocycles. The third-order valence-corrected chi connectivity index (χ3v) is 2.58. The number of carbonyl (C=O) groups excluding carboxylic acids is 2. The molecule has 19 heavy (non-hydrogen) atoms. The highest BCUT2D eigenvalue weighted by atomic mass is 16.5. The van der Waals surface area contributed by atoms with Crippen molar-refractivity contribution in [1.82, 2.24) is 5.32 Å². The highest BCUT2D eigenvalue weighted by Gasteiger charge is 2.19. The van der Waals surface area contributed by atoms with Gasteiger partial charge in [-0.2, -0.15) is 0 Å². The summed E-state index contributed by atoms with van der Waals surface area (Å²) in [6.07, 6.45) is 0.217. The van der Waals surface area contributed by atoms with Gasteiger partial charge in [0.1, 0.15) is 5.78 Å². The fourth-order valence-corrected chi connectivity index (χ4v) is 1.70. The van der Waals surface area contributed by atoms with Crippen LogP contribution in [0.25, 0.3) is 0 Å². The second-order valence-corrected chi connectivity index (χ2v) is 4.26. The van der Waals surface area contributed by atoms with E-state index >= 15 is 0 Å². The zero-order chi connectivity index (χ0) is 13.4. The molecule has 0 aliphatic heterocycles. The largest absolute Gasteiger partial charge is 0.384 e. The molecule has 1 atom stereocenters. The Bertz CT molecular complexity index is 390. The molecule has 4 heteroatoms. The summed E-state index contributed by atoms with van der Waals surface area (Å²) in [7, 11) is 1.53. The predicted molar refractivity (Wildman–Crippen MR) is 75.7 cm³/mol. The lowest BCUT2D eigenvalue weighted by molar-refractivity contribution is -0.130. The minimum Gasteiger partial charge on any atom is -0.384 e. The van der Waals surface area contributed by atoms with Crippen LogP contribution in [0.5, 0.6) is 0 Å². The Labute approximate surface area is 115 Å². The van der Waals surface area contributed by atoms with Crippen molar-refractivity contribution in [3.8, 4) is 0 Å². The first-order valence-electron chi connectivity index (χ1n) is 5.93. The maximum Gasteiger partial charge on any atom is 0.226 e. The summed E-state index contributed by atoms with van der Waals surface area (Å²) in [5.41, 5.74) is 1.03. The quantitative estimate of drug-likeness (QED) is 0.822. The molecule has 1 aromatic carbocycles. The Morgan fingerprint density at radius 3 is 2.42 bits per heavy atom. The zero-order valence-corrected chi connectivity index (χ0v) is 10.8. The number of Topliss-reactive ketones (excluding diaryl/α,β-unsaturated/α-hetero) is 1. The van der Waals surface area contributed by atoms with E-state index in [1.165, 1.54) is 14.0 Å². The molecule has 0 heterocycles. The summed E-state index contributed by atoms with van der Waals surface area (Å²) >= 11 is 0. The predicted octanol–water partition coefficient (Wildman–Crippen LogP) is 2.18. The van der Waals surface area contributed by atoms with E-state index in [0.717, 1.165) is 5.56 Å². The van der Waals surface area contributed by atoms with Gasteiger partial charge in [0.25, 0.3) is 0 Å². The molecule has 106 valence electrons.